The number of halogens is 3. The van der Waals surface area contributed by atoms with Gasteiger partial charge in [0.15, 0.2) is 5.13 Å². The second kappa shape index (κ2) is 7.65. The van der Waals surface area contributed by atoms with E-state index in [0.717, 1.165) is 48.6 Å². The van der Waals surface area contributed by atoms with Crippen molar-refractivity contribution in [3.63, 3.8) is 0 Å². The number of benzene rings is 2. The van der Waals surface area contributed by atoms with E-state index in [1.54, 1.807) is 6.07 Å². The lowest BCUT2D eigenvalue weighted by molar-refractivity contribution is 0.0266. The molecule has 0 spiro atoms. The molecule has 2 aliphatic rings. The summed E-state index contributed by atoms with van der Waals surface area (Å²) >= 11 is 14.7. The lowest BCUT2D eigenvalue weighted by atomic mass is 9.96. The summed E-state index contributed by atoms with van der Waals surface area (Å²) < 4.78 is 20.6. The predicted molar refractivity (Wildman–Crippen MR) is 116 cm³/mol. The molecular formula is C20H19Cl2FN4OS. The fraction of sp³-hybridized carbons (Fsp3) is 0.350. The van der Waals surface area contributed by atoms with Crippen LogP contribution in [0.5, 0.6) is 0 Å². The Labute approximate surface area is 181 Å². The average Bonchev–Trinajstić information content (AvgIpc) is 3.07. The lowest BCUT2D eigenvalue weighted by Crippen LogP contribution is -2.53. The maximum absolute atomic E-state index is 14.2. The van der Waals surface area contributed by atoms with Gasteiger partial charge in [-0.25, -0.2) is 9.37 Å². The summed E-state index contributed by atoms with van der Waals surface area (Å²) in [6.07, 6.45) is 0. The van der Waals surface area contributed by atoms with Gasteiger partial charge in [-0.05, 0) is 23.8 Å². The zero-order valence-corrected chi connectivity index (χ0v) is 17.8. The molecule has 0 unspecified atom stereocenters. The summed E-state index contributed by atoms with van der Waals surface area (Å²) in [6, 6.07) is 5.35. The van der Waals surface area contributed by atoms with Crippen molar-refractivity contribution in [3.8, 4) is 11.1 Å². The number of nitrogen functional groups attached to an aromatic ring is 1. The zero-order valence-electron chi connectivity index (χ0n) is 15.5. The number of piperazine rings is 1. The van der Waals surface area contributed by atoms with E-state index < -0.39 is 0 Å². The highest BCUT2D eigenvalue weighted by molar-refractivity contribution is 7.22. The van der Waals surface area contributed by atoms with Gasteiger partial charge in [0.25, 0.3) is 0 Å². The van der Waals surface area contributed by atoms with Crippen LogP contribution in [0.25, 0.3) is 21.3 Å². The molecule has 0 amide bonds. The van der Waals surface area contributed by atoms with Crippen molar-refractivity contribution >= 4 is 49.9 Å². The number of ether oxygens (including phenoxy) is 1. The predicted octanol–water partition coefficient (Wildman–Crippen LogP) is 4.30. The Hall–Kier alpha value is -1.48. The summed E-state index contributed by atoms with van der Waals surface area (Å²) in [7, 11) is 0. The maximum Gasteiger partial charge on any atom is 0.181 e. The minimum absolute atomic E-state index is 0.304. The van der Waals surface area contributed by atoms with Crippen LogP contribution in [-0.4, -0.2) is 42.2 Å². The molecule has 0 saturated carbocycles. The van der Waals surface area contributed by atoms with E-state index in [0.29, 0.717) is 55.8 Å². The Kier molecular flexibility index (Phi) is 5.14. The van der Waals surface area contributed by atoms with E-state index in [1.165, 1.54) is 6.07 Å². The molecular weight excluding hydrogens is 434 g/mol. The third-order valence-corrected chi connectivity index (χ3v) is 7.20. The molecule has 1 atom stereocenters. The fourth-order valence-electron chi connectivity index (χ4n) is 4.14. The number of nitrogens with one attached hydrogen (secondary N) is 1. The number of hydrogen-bond donors (Lipinski definition) is 2. The van der Waals surface area contributed by atoms with Gasteiger partial charge < -0.3 is 15.8 Å². The minimum Gasteiger partial charge on any atom is -0.375 e. The second-order valence-electron chi connectivity index (χ2n) is 7.35. The SMILES string of the molecule is Nc1nc2c(-c3c(Cl)cc4c(c3Cl)COC[C@H]3CNCCN3C4)ccc(F)c2s1. The molecule has 3 N–H and O–H groups in total. The molecule has 1 aromatic heterocycles. The van der Waals surface area contributed by atoms with E-state index in [2.05, 4.69) is 15.2 Å². The van der Waals surface area contributed by atoms with Gasteiger partial charge in [0.2, 0.25) is 0 Å². The molecule has 152 valence electrons. The first-order valence-electron chi connectivity index (χ1n) is 9.40. The Morgan fingerprint density at radius 3 is 3.07 bits per heavy atom. The van der Waals surface area contributed by atoms with Gasteiger partial charge in [-0.15, -0.1) is 0 Å². The summed E-state index contributed by atoms with van der Waals surface area (Å²) in [5.74, 6) is -0.357. The van der Waals surface area contributed by atoms with Gasteiger partial charge in [-0.3, -0.25) is 4.90 Å². The van der Waals surface area contributed by atoms with Crippen LogP contribution in [0.3, 0.4) is 0 Å². The van der Waals surface area contributed by atoms with Gasteiger partial charge in [-0.1, -0.05) is 34.5 Å². The summed E-state index contributed by atoms with van der Waals surface area (Å²) in [6.45, 7) is 4.63. The smallest absolute Gasteiger partial charge is 0.181 e. The normalized spacial score (nSPS) is 20.2. The zero-order chi connectivity index (χ0) is 20.1. The first-order valence-corrected chi connectivity index (χ1v) is 11.0. The van der Waals surface area contributed by atoms with Gasteiger partial charge in [0, 0.05) is 48.9 Å². The molecule has 9 heteroatoms. The fourth-order valence-corrected chi connectivity index (χ4v) is 5.66. The molecule has 3 heterocycles. The number of hydrogen-bond acceptors (Lipinski definition) is 6. The molecule has 29 heavy (non-hydrogen) atoms. The van der Waals surface area contributed by atoms with Crippen molar-refractivity contribution in [1.82, 2.24) is 15.2 Å². The molecule has 0 radical (unpaired) electrons. The molecule has 5 nitrogen and oxygen atoms in total. The average molecular weight is 453 g/mol. The monoisotopic (exact) mass is 452 g/mol. The quantitative estimate of drug-likeness (QED) is 0.576. The van der Waals surface area contributed by atoms with Gasteiger partial charge in [0.1, 0.15) is 5.82 Å². The number of thiazole rings is 1. The third kappa shape index (κ3) is 3.40. The number of aromatic nitrogens is 1. The lowest BCUT2D eigenvalue weighted by Gasteiger charge is -2.38. The summed E-state index contributed by atoms with van der Waals surface area (Å²) in [4.78, 5) is 6.73. The highest BCUT2D eigenvalue weighted by atomic mass is 35.5. The number of nitrogens with zero attached hydrogens (tertiary/aromatic N) is 2. The first kappa shape index (κ1) is 19.5. The minimum atomic E-state index is -0.357. The van der Waals surface area contributed by atoms with Gasteiger partial charge >= 0.3 is 0 Å². The Morgan fingerprint density at radius 2 is 2.21 bits per heavy atom. The largest absolute Gasteiger partial charge is 0.375 e. The summed E-state index contributed by atoms with van der Waals surface area (Å²) in [5, 5.41) is 4.76. The molecule has 2 aliphatic heterocycles. The number of rotatable bonds is 1. The maximum atomic E-state index is 14.2. The molecule has 0 aliphatic carbocycles. The van der Waals surface area contributed by atoms with E-state index in [9.17, 15) is 4.39 Å². The summed E-state index contributed by atoms with van der Waals surface area (Å²) in [5.41, 5.74) is 9.61. The van der Waals surface area contributed by atoms with Crippen LogP contribution in [-0.2, 0) is 17.9 Å². The van der Waals surface area contributed by atoms with Crippen LogP contribution < -0.4 is 11.1 Å². The van der Waals surface area contributed by atoms with Crippen LogP contribution in [0.15, 0.2) is 18.2 Å². The van der Waals surface area contributed by atoms with Crippen molar-refractivity contribution in [2.24, 2.45) is 0 Å². The van der Waals surface area contributed by atoms with Crippen molar-refractivity contribution in [2.75, 3.05) is 32.0 Å². The highest BCUT2D eigenvalue weighted by Gasteiger charge is 2.28. The van der Waals surface area contributed by atoms with Crippen LogP contribution in [0.2, 0.25) is 10.0 Å². The van der Waals surface area contributed by atoms with E-state index in [4.69, 9.17) is 33.7 Å². The number of fused-ring (bicyclic) bond motifs is 3. The van der Waals surface area contributed by atoms with Crippen LogP contribution in [0, 0.1) is 5.82 Å². The van der Waals surface area contributed by atoms with Gasteiger partial charge in [0.05, 0.1) is 33.5 Å². The van der Waals surface area contributed by atoms with Gasteiger partial charge in [-0.2, -0.15) is 0 Å². The van der Waals surface area contributed by atoms with E-state index >= 15 is 0 Å². The molecule has 2 aromatic carbocycles. The Balaban J connectivity index is 1.65. The molecule has 1 saturated heterocycles. The number of nitrogens with two attached hydrogens (primary N) is 1. The van der Waals surface area contributed by atoms with Crippen molar-refractivity contribution < 1.29 is 9.13 Å². The van der Waals surface area contributed by atoms with Crippen LogP contribution in [0.1, 0.15) is 11.1 Å². The number of anilines is 1. The molecule has 5 rings (SSSR count). The molecule has 0 bridgehead atoms. The van der Waals surface area contributed by atoms with Crippen molar-refractivity contribution in [3.05, 3.63) is 45.2 Å². The van der Waals surface area contributed by atoms with Crippen molar-refractivity contribution in [2.45, 2.75) is 19.2 Å². The third-order valence-electron chi connectivity index (χ3n) is 5.60. The van der Waals surface area contributed by atoms with Crippen molar-refractivity contribution in [1.29, 1.82) is 0 Å². The van der Waals surface area contributed by atoms with E-state index in [-0.39, 0.29) is 5.82 Å². The standard InChI is InChI=1S/C20H19Cl2FN4OS/c21-14-5-10-7-27-4-3-25-6-11(27)8-28-9-13(10)17(22)16(14)12-1-2-15(23)19-18(12)26-20(24)29-19/h1-2,5,11,25H,3-4,6-9H2,(H2,24,26)/t11-/m1/s1. The second-order valence-corrected chi connectivity index (χ2v) is 9.17. The highest BCUT2D eigenvalue weighted by Crippen LogP contribution is 2.44. The topological polar surface area (TPSA) is 63.4 Å². The van der Waals surface area contributed by atoms with E-state index in [1.807, 2.05) is 6.07 Å². The Morgan fingerprint density at radius 1 is 1.34 bits per heavy atom. The Bertz CT molecular complexity index is 1110. The molecule has 1 fully saturated rings. The van der Waals surface area contributed by atoms with Crippen LogP contribution >= 0.6 is 34.5 Å². The van der Waals surface area contributed by atoms with Crippen LogP contribution in [0.4, 0.5) is 9.52 Å². The first-order chi connectivity index (χ1) is 14.0. The molecule has 3 aromatic rings.